The van der Waals surface area contributed by atoms with Crippen LogP contribution >= 0.6 is 0 Å². The van der Waals surface area contributed by atoms with Crippen LogP contribution in [0, 0.1) is 0 Å². The van der Waals surface area contributed by atoms with Crippen molar-refractivity contribution in [2.75, 3.05) is 65.4 Å². The Hall–Kier alpha value is -2.77. The molecule has 2 aromatic carbocycles. The van der Waals surface area contributed by atoms with Crippen LogP contribution in [-0.4, -0.2) is 75.8 Å². The molecule has 156 valence electrons. The van der Waals surface area contributed by atoms with Crippen molar-refractivity contribution >= 4 is 11.6 Å². The van der Waals surface area contributed by atoms with E-state index in [1.54, 1.807) is 32.4 Å². The minimum atomic E-state index is -0.0469. The lowest BCUT2D eigenvalue weighted by molar-refractivity contribution is -0.117. The van der Waals surface area contributed by atoms with Gasteiger partial charge in [-0.15, -0.1) is 0 Å². The average molecular weight is 399 g/mol. The van der Waals surface area contributed by atoms with E-state index in [1.807, 2.05) is 30.3 Å². The first kappa shape index (κ1) is 21.0. The summed E-state index contributed by atoms with van der Waals surface area (Å²) in [5.41, 5.74) is 0.648. The average Bonchev–Trinajstić information content (AvgIpc) is 2.76. The number of nitrogens with zero attached hydrogens (tertiary/aromatic N) is 2. The van der Waals surface area contributed by atoms with Crippen LogP contribution < -0.4 is 19.5 Å². The number of hydrogen-bond donors (Lipinski definition) is 1. The van der Waals surface area contributed by atoms with Crippen molar-refractivity contribution in [3.63, 3.8) is 0 Å². The summed E-state index contributed by atoms with van der Waals surface area (Å²) >= 11 is 0. The van der Waals surface area contributed by atoms with E-state index in [4.69, 9.17) is 14.2 Å². The van der Waals surface area contributed by atoms with Crippen LogP contribution in [0.1, 0.15) is 0 Å². The molecule has 1 saturated heterocycles. The molecule has 3 rings (SSSR count). The summed E-state index contributed by atoms with van der Waals surface area (Å²) in [6, 6.07) is 15.2. The number of methoxy groups -OCH3 is 2. The lowest BCUT2D eigenvalue weighted by atomic mass is 10.2. The Balaban J connectivity index is 1.38. The maximum Gasteiger partial charge on any atom is 0.238 e. The molecule has 0 unspecified atom stereocenters. The molecule has 0 radical (unpaired) electrons. The van der Waals surface area contributed by atoms with Gasteiger partial charge in [0.2, 0.25) is 5.91 Å². The second kappa shape index (κ2) is 10.7. The first-order chi connectivity index (χ1) is 14.2. The van der Waals surface area contributed by atoms with Crippen LogP contribution in [0.4, 0.5) is 5.69 Å². The van der Waals surface area contributed by atoms with Crippen molar-refractivity contribution in [3.8, 4) is 17.2 Å². The zero-order valence-corrected chi connectivity index (χ0v) is 17.1. The summed E-state index contributed by atoms with van der Waals surface area (Å²) in [4.78, 5) is 17.0. The molecule has 7 nitrogen and oxygen atoms in total. The molecule has 0 aliphatic carbocycles. The Morgan fingerprint density at radius 2 is 1.66 bits per heavy atom. The number of para-hydroxylation sites is 1. The number of hydrogen-bond acceptors (Lipinski definition) is 6. The first-order valence-electron chi connectivity index (χ1n) is 9.82. The van der Waals surface area contributed by atoms with Gasteiger partial charge in [0.05, 0.1) is 26.5 Å². The molecule has 0 bridgehead atoms. The van der Waals surface area contributed by atoms with Gasteiger partial charge in [0, 0.05) is 38.8 Å². The van der Waals surface area contributed by atoms with Crippen LogP contribution in [0.15, 0.2) is 48.5 Å². The highest BCUT2D eigenvalue weighted by molar-refractivity contribution is 5.93. The fourth-order valence-electron chi connectivity index (χ4n) is 3.27. The van der Waals surface area contributed by atoms with Crippen LogP contribution in [0.25, 0.3) is 0 Å². The number of ether oxygens (including phenoxy) is 3. The zero-order valence-electron chi connectivity index (χ0n) is 17.1. The van der Waals surface area contributed by atoms with Gasteiger partial charge in [0.1, 0.15) is 23.9 Å². The monoisotopic (exact) mass is 399 g/mol. The Morgan fingerprint density at radius 1 is 0.931 bits per heavy atom. The highest BCUT2D eigenvalue weighted by Gasteiger charge is 2.19. The molecule has 1 aliphatic heterocycles. The molecule has 29 heavy (non-hydrogen) atoms. The number of anilines is 1. The van der Waals surface area contributed by atoms with Crippen LogP contribution in [-0.2, 0) is 4.79 Å². The minimum absolute atomic E-state index is 0.0469. The Bertz CT molecular complexity index is 777. The lowest BCUT2D eigenvalue weighted by Crippen LogP contribution is -2.49. The molecule has 1 aliphatic rings. The summed E-state index contributed by atoms with van der Waals surface area (Å²) < 4.78 is 16.3. The van der Waals surface area contributed by atoms with Gasteiger partial charge in [0.25, 0.3) is 0 Å². The van der Waals surface area contributed by atoms with Crippen LogP contribution in [0.2, 0.25) is 0 Å². The quantitative estimate of drug-likeness (QED) is 0.698. The van der Waals surface area contributed by atoms with Crippen molar-refractivity contribution in [1.29, 1.82) is 0 Å². The number of carbonyl (C=O) groups is 1. The molecule has 1 fully saturated rings. The number of piperazine rings is 1. The van der Waals surface area contributed by atoms with E-state index in [0.717, 1.165) is 38.5 Å². The van der Waals surface area contributed by atoms with Crippen LogP contribution in [0.5, 0.6) is 17.2 Å². The molecule has 1 N–H and O–H groups in total. The molecule has 1 amide bonds. The van der Waals surface area contributed by atoms with E-state index in [2.05, 4.69) is 15.1 Å². The van der Waals surface area contributed by atoms with Gasteiger partial charge in [0.15, 0.2) is 0 Å². The Labute approximate surface area is 172 Å². The minimum Gasteiger partial charge on any atom is -0.497 e. The summed E-state index contributed by atoms with van der Waals surface area (Å²) in [6.07, 6.45) is 0. The topological polar surface area (TPSA) is 63.3 Å². The van der Waals surface area contributed by atoms with Crippen molar-refractivity contribution < 1.29 is 19.0 Å². The highest BCUT2D eigenvalue weighted by atomic mass is 16.5. The van der Waals surface area contributed by atoms with E-state index < -0.39 is 0 Å². The Morgan fingerprint density at radius 3 is 2.34 bits per heavy atom. The maximum atomic E-state index is 12.4. The van der Waals surface area contributed by atoms with Crippen molar-refractivity contribution in [3.05, 3.63) is 48.5 Å². The smallest absolute Gasteiger partial charge is 0.238 e. The fraction of sp³-hybridized carbons (Fsp3) is 0.409. The van der Waals surface area contributed by atoms with Gasteiger partial charge in [-0.2, -0.15) is 0 Å². The Kier molecular flexibility index (Phi) is 7.72. The third-order valence-corrected chi connectivity index (χ3v) is 4.93. The van der Waals surface area contributed by atoms with Gasteiger partial charge in [-0.1, -0.05) is 18.2 Å². The SMILES string of the molecule is COc1ccc(NC(=O)CN2CCN(CCOc3ccccc3)CC2)c(OC)c1. The predicted octanol–water partition coefficient (Wildman–Crippen LogP) is 2.34. The summed E-state index contributed by atoms with van der Waals surface area (Å²) in [6.45, 7) is 5.49. The highest BCUT2D eigenvalue weighted by Crippen LogP contribution is 2.28. The predicted molar refractivity (Wildman–Crippen MR) is 113 cm³/mol. The van der Waals surface area contributed by atoms with Gasteiger partial charge in [-0.05, 0) is 24.3 Å². The number of nitrogens with one attached hydrogen (secondary N) is 1. The number of amides is 1. The largest absolute Gasteiger partial charge is 0.497 e. The summed E-state index contributed by atoms with van der Waals surface area (Å²) in [7, 11) is 3.17. The second-order valence-corrected chi connectivity index (χ2v) is 6.89. The third-order valence-electron chi connectivity index (χ3n) is 4.93. The van der Waals surface area contributed by atoms with E-state index in [9.17, 15) is 4.79 Å². The standard InChI is InChI=1S/C22H29N3O4/c1-27-19-8-9-20(21(16-19)28-2)23-22(26)17-25-12-10-24(11-13-25)14-15-29-18-6-4-3-5-7-18/h3-9,16H,10-15,17H2,1-2H3,(H,23,26). The molecule has 7 heteroatoms. The number of benzene rings is 2. The fourth-order valence-corrected chi connectivity index (χ4v) is 3.27. The van der Waals surface area contributed by atoms with Crippen LogP contribution in [0.3, 0.4) is 0 Å². The summed E-state index contributed by atoms with van der Waals surface area (Å²) in [5, 5.41) is 2.93. The molecule has 1 heterocycles. The molecule has 0 aromatic heterocycles. The second-order valence-electron chi connectivity index (χ2n) is 6.89. The summed E-state index contributed by atoms with van der Waals surface area (Å²) in [5.74, 6) is 2.12. The first-order valence-corrected chi connectivity index (χ1v) is 9.82. The van der Waals surface area contributed by atoms with Gasteiger partial charge in [-0.25, -0.2) is 0 Å². The molecule has 0 spiro atoms. The zero-order chi connectivity index (χ0) is 20.5. The van der Waals surface area contributed by atoms with Crippen molar-refractivity contribution in [2.24, 2.45) is 0 Å². The molecule has 0 atom stereocenters. The third kappa shape index (κ3) is 6.37. The molecular weight excluding hydrogens is 370 g/mol. The van der Waals surface area contributed by atoms with Gasteiger partial charge in [-0.3, -0.25) is 14.6 Å². The number of carbonyl (C=O) groups excluding carboxylic acids is 1. The maximum absolute atomic E-state index is 12.4. The van der Waals surface area contributed by atoms with E-state index in [1.165, 1.54) is 0 Å². The van der Waals surface area contributed by atoms with Crippen molar-refractivity contribution in [2.45, 2.75) is 0 Å². The van der Waals surface area contributed by atoms with E-state index >= 15 is 0 Å². The normalized spacial score (nSPS) is 15.0. The molecule has 2 aromatic rings. The van der Waals surface area contributed by atoms with Gasteiger partial charge < -0.3 is 19.5 Å². The van der Waals surface area contributed by atoms with Crippen molar-refractivity contribution in [1.82, 2.24) is 9.80 Å². The number of rotatable bonds is 9. The molecular formula is C22H29N3O4. The van der Waals surface area contributed by atoms with E-state index in [0.29, 0.717) is 30.3 Å². The molecule has 0 saturated carbocycles. The van der Waals surface area contributed by atoms with E-state index in [-0.39, 0.29) is 5.91 Å². The lowest BCUT2D eigenvalue weighted by Gasteiger charge is -2.34. The van der Waals surface area contributed by atoms with Gasteiger partial charge >= 0.3 is 0 Å².